The highest BCUT2D eigenvalue weighted by molar-refractivity contribution is 5.78. The minimum absolute atomic E-state index is 0.0507. The Hall–Kier alpha value is -2.11. The number of hydrogen-bond donors (Lipinski definition) is 1. The van der Waals surface area contributed by atoms with Crippen LogP contribution in [0.5, 0.6) is 0 Å². The van der Waals surface area contributed by atoms with Crippen molar-refractivity contribution in [1.29, 1.82) is 0 Å². The lowest BCUT2D eigenvalue weighted by atomic mass is 10.1. The van der Waals surface area contributed by atoms with Crippen LogP contribution in [0.3, 0.4) is 0 Å². The van der Waals surface area contributed by atoms with Crippen LogP contribution in [0.2, 0.25) is 0 Å². The molecule has 1 aliphatic rings. The van der Waals surface area contributed by atoms with Crippen molar-refractivity contribution in [3.05, 3.63) is 35.6 Å². The van der Waals surface area contributed by atoms with Crippen molar-refractivity contribution in [1.82, 2.24) is 15.1 Å². The van der Waals surface area contributed by atoms with Gasteiger partial charge in [-0.1, -0.05) is 19.1 Å². The van der Waals surface area contributed by atoms with Gasteiger partial charge in [0.1, 0.15) is 5.82 Å². The summed E-state index contributed by atoms with van der Waals surface area (Å²) in [5.74, 6) is -0.180. The Balaban J connectivity index is 1.73. The molecule has 0 bridgehead atoms. The Kier molecular flexibility index (Phi) is 6.38. The molecule has 0 aromatic heterocycles. The summed E-state index contributed by atoms with van der Waals surface area (Å²) in [7, 11) is 0. The number of benzene rings is 1. The average molecular weight is 321 g/mol. The average Bonchev–Trinajstić information content (AvgIpc) is 2.59. The third kappa shape index (κ3) is 5.23. The van der Waals surface area contributed by atoms with Crippen LogP contribution in [0.25, 0.3) is 0 Å². The summed E-state index contributed by atoms with van der Waals surface area (Å²) in [6.07, 6.45) is 1.93. The number of nitrogens with one attached hydrogen (secondary N) is 1. The molecular weight excluding hydrogens is 297 g/mol. The number of nitrogens with zero attached hydrogens (tertiary/aromatic N) is 2. The van der Waals surface area contributed by atoms with Gasteiger partial charge in [-0.2, -0.15) is 0 Å². The van der Waals surface area contributed by atoms with Crippen molar-refractivity contribution in [3.8, 4) is 0 Å². The molecule has 1 aromatic carbocycles. The topological polar surface area (TPSA) is 52.7 Å². The van der Waals surface area contributed by atoms with Crippen LogP contribution in [-0.4, -0.2) is 54.5 Å². The normalized spacial score (nSPS) is 14.7. The number of carbonyl (C=O) groups excluding carboxylic acids is 2. The van der Waals surface area contributed by atoms with E-state index in [0.29, 0.717) is 45.6 Å². The van der Waals surface area contributed by atoms with Gasteiger partial charge < -0.3 is 15.1 Å². The number of urea groups is 1. The van der Waals surface area contributed by atoms with E-state index in [1.807, 2.05) is 6.92 Å². The maximum Gasteiger partial charge on any atom is 0.317 e. The number of piperazine rings is 1. The molecule has 0 aliphatic carbocycles. The van der Waals surface area contributed by atoms with Crippen LogP contribution in [0, 0.1) is 5.82 Å². The highest BCUT2D eigenvalue weighted by Crippen LogP contribution is 2.09. The fourth-order valence-electron chi connectivity index (χ4n) is 2.56. The highest BCUT2D eigenvalue weighted by Gasteiger charge is 2.23. The SMILES string of the molecule is CCCNC(=O)N1CCN(C(=O)CCc2ccc(F)cc2)CC1. The van der Waals surface area contributed by atoms with E-state index < -0.39 is 0 Å². The van der Waals surface area contributed by atoms with Gasteiger partial charge in [-0.15, -0.1) is 0 Å². The first-order chi connectivity index (χ1) is 11.1. The molecule has 1 aliphatic heterocycles. The molecule has 0 unspecified atom stereocenters. The quantitative estimate of drug-likeness (QED) is 0.902. The fourth-order valence-corrected chi connectivity index (χ4v) is 2.56. The second-order valence-electron chi connectivity index (χ2n) is 5.73. The van der Waals surface area contributed by atoms with Crippen molar-refractivity contribution < 1.29 is 14.0 Å². The minimum atomic E-state index is -0.266. The van der Waals surface area contributed by atoms with Gasteiger partial charge in [0.2, 0.25) is 5.91 Å². The van der Waals surface area contributed by atoms with Crippen molar-refractivity contribution in [3.63, 3.8) is 0 Å². The van der Waals surface area contributed by atoms with Crippen LogP contribution in [0.15, 0.2) is 24.3 Å². The third-order valence-electron chi connectivity index (χ3n) is 3.99. The van der Waals surface area contributed by atoms with E-state index in [9.17, 15) is 14.0 Å². The van der Waals surface area contributed by atoms with Gasteiger partial charge >= 0.3 is 6.03 Å². The van der Waals surface area contributed by atoms with Crippen molar-refractivity contribution >= 4 is 11.9 Å². The molecule has 2 rings (SSSR count). The first kappa shape index (κ1) is 17.2. The largest absolute Gasteiger partial charge is 0.339 e. The van der Waals surface area contributed by atoms with Gasteiger partial charge in [0.15, 0.2) is 0 Å². The van der Waals surface area contributed by atoms with E-state index in [0.717, 1.165) is 12.0 Å². The Labute approximate surface area is 136 Å². The van der Waals surface area contributed by atoms with Crippen LogP contribution in [0.4, 0.5) is 9.18 Å². The second kappa shape index (κ2) is 8.50. The molecule has 1 aromatic rings. The summed E-state index contributed by atoms with van der Waals surface area (Å²) in [5.41, 5.74) is 0.956. The standard InChI is InChI=1S/C17H24FN3O2/c1-2-9-19-17(23)21-12-10-20(11-13-21)16(22)8-5-14-3-6-15(18)7-4-14/h3-4,6-7H,2,5,8-13H2,1H3,(H,19,23). The molecule has 1 heterocycles. The van der Waals surface area contributed by atoms with Gasteiger partial charge in [0, 0.05) is 39.1 Å². The summed E-state index contributed by atoms with van der Waals surface area (Å²) in [6.45, 7) is 4.97. The summed E-state index contributed by atoms with van der Waals surface area (Å²) >= 11 is 0. The fraction of sp³-hybridized carbons (Fsp3) is 0.529. The van der Waals surface area contributed by atoms with E-state index in [4.69, 9.17) is 0 Å². The molecule has 1 N–H and O–H groups in total. The lowest BCUT2D eigenvalue weighted by molar-refractivity contribution is -0.132. The Bertz CT molecular complexity index is 525. The van der Waals surface area contributed by atoms with Gasteiger partial charge in [0.25, 0.3) is 0 Å². The zero-order valence-electron chi connectivity index (χ0n) is 13.6. The van der Waals surface area contributed by atoms with Crippen LogP contribution >= 0.6 is 0 Å². The van der Waals surface area contributed by atoms with Crippen molar-refractivity contribution in [2.24, 2.45) is 0 Å². The highest BCUT2D eigenvalue weighted by atomic mass is 19.1. The molecule has 0 spiro atoms. The van der Waals surface area contributed by atoms with Crippen molar-refractivity contribution in [2.75, 3.05) is 32.7 Å². The molecule has 0 radical (unpaired) electrons. The van der Waals surface area contributed by atoms with Gasteiger partial charge in [-0.05, 0) is 30.5 Å². The summed E-state index contributed by atoms with van der Waals surface area (Å²) in [6, 6.07) is 6.18. The van der Waals surface area contributed by atoms with E-state index in [2.05, 4.69) is 5.32 Å². The summed E-state index contributed by atoms with van der Waals surface area (Å²) in [5, 5.41) is 2.85. The number of amides is 3. The van der Waals surface area contributed by atoms with Gasteiger partial charge in [-0.25, -0.2) is 9.18 Å². The zero-order chi connectivity index (χ0) is 16.7. The second-order valence-corrected chi connectivity index (χ2v) is 5.73. The molecule has 1 saturated heterocycles. The maximum atomic E-state index is 12.8. The lowest BCUT2D eigenvalue weighted by Crippen LogP contribution is -2.53. The minimum Gasteiger partial charge on any atom is -0.339 e. The zero-order valence-corrected chi connectivity index (χ0v) is 13.6. The number of halogens is 1. The predicted octanol–water partition coefficient (Wildman–Crippen LogP) is 2.02. The van der Waals surface area contributed by atoms with Gasteiger partial charge in [0.05, 0.1) is 0 Å². The first-order valence-electron chi connectivity index (χ1n) is 8.15. The van der Waals surface area contributed by atoms with Gasteiger partial charge in [-0.3, -0.25) is 4.79 Å². The molecular formula is C17H24FN3O2. The predicted molar refractivity (Wildman–Crippen MR) is 86.6 cm³/mol. The van der Waals surface area contributed by atoms with Crippen molar-refractivity contribution in [2.45, 2.75) is 26.2 Å². The molecule has 5 nitrogen and oxygen atoms in total. The maximum absolute atomic E-state index is 12.8. The van der Waals surface area contributed by atoms with Crippen LogP contribution < -0.4 is 5.32 Å². The Morgan fingerprint density at radius 1 is 1.09 bits per heavy atom. The van der Waals surface area contributed by atoms with E-state index in [1.54, 1.807) is 21.9 Å². The van der Waals surface area contributed by atoms with E-state index >= 15 is 0 Å². The van der Waals surface area contributed by atoms with E-state index in [1.165, 1.54) is 12.1 Å². The monoisotopic (exact) mass is 321 g/mol. The molecule has 3 amide bonds. The summed E-state index contributed by atoms with van der Waals surface area (Å²) < 4.78 is 12.8. The molecule has 126 valence electrons. The smallest absolute Gasteiger partial charge is 0.317 e. The Morgan fingerprint density at radius 2 is 1.70 bits per heavy atom. The third-order valence-corrected chi connectivity index (χ3v) is 3.99. The van der Waals surface area contributed by atoms with Crippen LogP contribution in [0.1, 0.15) is 25.3 Å². The molecule has 6 heteroatoms. The number of carbonyl (C=O) groups is 2. The number of hydrogen-bond acceptors (Lipinski definition) is 2. The van der Waals surface area contributed by atoms with E-state index in [-0.39, 0.29) is 17.8 Å². The summed E-state index contributed by atoms with van der Waals surface area (Å²) in [4.78, 5) is 27.6. The number of rotatable bonds is 5. The first-order valence-corrected chi connectivity index (χ1v) is 8.15. The molecule has 1 fully saturated rings. The number of aryl methyl sites for hydroxylation is 1. The molecule has 23 heavy (non-hydrogen) atoms. The lowest BCUT2D eigenvalue weighted by Gasteiger charge is -2.34. The molecule has 0 saturated carbocycles. The molecule has 0 atom stereocenters. The van der Waals surface area contributed by atoms with Crippen LogP contribution in [-0.2, 0) is 11.2 Å². The Morgan fingerprint density at radius 3 is 2.30 bits per heavy atom.